The molecular weight excluding hydrogens is 294 g/mol. The number of nitrogens with one attached hydrogen (secondary N) is 1. The average molecular weight is 323 g/mol. The minimum atomic E-state index is -0.706. The van der Waals surface area contributed by atoms with Crippen LogP contribution in [0.1, 0.15) is 56.8 Å². The van der Waals surface area contributed by atoms with Crippen molar-refractivity contribution in [3.8, 4) is 0 Å². The normalized spacial score (nSPS) is 33.3. The van der Waals surface area contributed by atoms with Crippen LogP contribution in [0, 0.1) is 11.8 Å². The number of piperidine rings is 1. The van der Waals surface area contributed by atoms with Crippen molar-refractivity contribution in [2.75, 3.05) is 0 Å². The van der Waals surface area contributed by atoms with Gasteiger partial charge in [0.25, 0.3) is 0 Å². The molecule has 2 aromatic rings. The molecule has 0 unspecified atom stereocenters. The van der Waals surface area contributed by atoms with Crippen molar-refractivity contribution in [3.05, 3.63) is 71.8 Å². The highest BCUT2D eigenvalue weighted by Gasteiger charge is 2.49. The lowest BCUT2D eigenvalue weighted by Gasteiger charge is -2.52. The van der Waals surface area contributed by atoms with Crippen LogP contribution in [0.3, 0.4) is 0 Å². The molecule has 2 aromatic carbocycles. The largest absolute Gasteiger partial charge is 0.389 e. The van der Waals surface area contributed by atoms with Crippen LogP contribution < -0.4 is 5.32 Å². The first-order chi connectivity index (χ1) is 11.6. The molecule has 0 aromatic heterocycles. The average Bonchev–Trinajstić information content (AvgIpc) is 2.61. The molecule has 128 valence electrons. The first-order valence-electron chi connectivity index (χ1n) is 9.14. The molecule has 1 aliphatic rings. The van der Waals surface area contributed by atoms with Crippen LogP contribution in [0.5, 0.6) is 0 Å². The quantitative estimate of drug-likeness (QED) is 0.841. The maximum atomic E-state index is 11.5. The number of hydrogen-bond acceptors (Lipinski definition) is 2. The van der Waals surface area contributed by atoms with Crippen LogP contribution in [0.4, 0.5) is 0 Å². The summed E-state index contributed by atoms with van der Waals surface area (Å²) in [5, 5.41) is 15.3. The predicted molar refractivity (Wildman–Crippen MR) is 99.7 cm³/mol. The third-order valence-corrected chi connectivity index (χ3v) is 5.85. The molecule has 1 fully saturated rings. The smallest absolute Gasteiger partial charge is 0.0709 e. The second-order valence-electron chi connectivity index (χ2n) is 7.35. The summed E-state index contributed by atoms with van der Waals surface area (Å²) in [6.07, 6.45) is 2.10. The highest BCUT2D eigenvalue weighted by Crippen LogP contribution is 2.48. The lowest BCUT2D eigenvalue weighted by atomic mass is 9.65. The molecule has 1 aliphatic heterocycles. The molecule has 5 atom stereocenters. The van der Waals surface area contributed by atoms with E-state index in [1.165, 1.54) is 11.1 Å². The molecule has 0 saturated carbocycles. The molecule has 24 heavy (non-hydrogen) atoms. The number of rotatable bonds is 4. The van der Waals surface area contributed by atoms with E-state index < -0.39 is 5.60 Å². The first-order valence-corrected chi connectivity index (χ1v) is 9.14. The summed E-state index contributed by atoms with van der Waals surface area (Å²) >= 11 is 0. The van der Waals surface area contributed by atoms with Crippen LogP contribution in [0.2, 0.25) is 0 Å². The summed E-state index contributed by atoms with van der Waals surface area (Å²) in [5.74, 6) is 0.358. The molecule has 0 aliphatic carbocycles. The van der Waals surface area contributed by atoms with E-state index in [1.54, 1.807) is 0 Å². The molecular formula is C22H29NO. The molecule has 0 amide bonds. The SMILES string of the molecule is CCC[C@H]1[C@H](c2ccccc2)N[C@H](c2ccccc2)[C@H](C)[C@@]1(C)O. The zero-order valence-electron chi connectivity index (χ0n) is 14.9. The Morgan fingerprint density at radius 3 is 1.92 bits per heavy atom. The van der Waals surface area contributed by atoms with Gasteiger partial charge in [-0.3, -0.25) is 0 Å². The number of benzene rings is 2. The van der Waals surface area contributed by atoms with Gasteiger partial charge in [-0.1, -0.05) is 80.9 Å². The lowest BCUT2D eigenvalue weighted by molar-refractivity contribution is -0.105. The van der Waals surface area contributed by atoms with Crippen LogP contribution in [0.15, 0.2) is 60.7 Å². The lowest BCUT2D eigenvalue weighted by Crippen LogP contribution is -2.56. The Balaban J connectivity index is 2.01. The zero-order valence-corrected chi connectivity index (χ0v) is 14.9. The molecule has 2 heteroatoms. The minimum Gasteiger partial charge on any atom is -0.389 e. The Bertz CT molecular complexity index is 638. The monoisotopic (exact) mass is 323 g/mol. The van der Waals surface area contributed by atoms with E-state index >= 15 is 0 Å². The molecule has 0 radical (unpaired) electrons. The van der Waals surface area contributed by atoms with Gasteiger partial charge in [0.1, 0.15) is 0 Å². The topological polar surface area (TPSA) is 32.3 Å². The van der Waals surface area contributed by atoms with Crippen molar-refractivity contribution >= 4 is 0 Å². The van der Waals surface area contributed by atoms with Crippen LogP contribution in [0.25, 0.3) is 0 Å². The van der Waals surface area contributed by atoms with Crippen LogP contribution >= 0.6 is 0 Å². The highest BCUT2D eigenvalue weighted by atomic mass is 16.3. The first kappa shape index (κ1) is 17.2. The van der Waals surface area contributed by atoms with Gasteiger partial charge in [-0.2, -0.15) is 0 Å². The third kappa shape index (κ3) is 3.13. The van der Waals surface area contributed by atoms with Gasteiger partial charge in [0.2, 0.25) is 0 Å². The van der Waals surface area contributed by atoms with Gasteiger partial charge >= 0.3 is 0 Å². The van der Waals surface area contributed by atoms with Crippen molar-refractivity contribution < 1.29 is 5.11 Å². The van der Waals surface area contributed by atoms with Crippen LogP contribution in [-0.4, -0.2) is 10.7 Å². The second kappa shape index (κ2) is 7.08. The van der Waals surface area contributed by atoms with Crippen molar-refractivity contribution in [3.63, 3.8) is 0 Å². The molecule has 0 bridgehead atoms. The Morgan fingerprint density at radius 2 is 1.42 bits per heavy atom. The summed E-state index contributed by atoms with van der Waals surface area (Å²) in [6.45, 7) is 6.41. The zero-order chi connectivity index (χ0) is 17.2. The molecule has 2 nitrogen and oxygen atoms in total. The van der Waals surface area contributed by atoms with E-state index in [-0.39, 0.29) is 23.9 Å². The van der Waals surface area contributed by atoms with E-state index in [1.807, 2.05) is 13.0 Å². The molecule has 0 spiro atoms. The fourth-order valence-corrected chi connectivity index (χ4v) is 4.27. The van der Waals surface area contributed by atoms with Crippen molar-refractivity contribution in [1.29, 1.82) is 0 Å². The van der Waals surface area contributed by atoms with E-state index in [2.05, 4.69) is 73.8 Å². The van der Waals surface area contributed by atoms with Gasteiger partial charge in [-0.15, -0.1) is 0 Å². The summed E-state index contributed by atoms with van der Waals surface area (Å²) < 4.78 is 0. The fourth-order valence-electron chi connectivity index (χ4n) is 4.27. The van der Waals surface area contributed by atoms with Crippen molar-refractivity contribution in [2.24, 2.45) is 11.8 Å². The molecule has 3 rings (SSSR count). The van der Waals surface area contributed by atoms with Crippen LogP contribution in [-0.2, 0) is 0 Å². The van der Waals surface area contributed by atoms with Gasteiger partial charge in [-0.05, 0) is 24.5 Å². The van der Waals surface area contributed by atoms with E-state index in [0.717, 1.165) is 12.8 Å². The van der Waals surface area contributed by atoms with Crippen molar-refractivity contribution in [2.45, 2.75) is 51.3 Å². The number of aliphatic hydroxyl groups is 1. The highest BCUT2D eigenvalue weighted by molar-refractivity contribution is 5.27. The Hall–Kier alpha value is -1.64. The van der Waals surface area contributed by atoms with Gasteiger partial charge in [0.05, 0.1) is 5.60 Å². The predicted octanol–water partition coefficient (Wildman–Crippen LogP) is 4.88. The summed E-state index contributed by atoms with van der Waals surface area (Å²) in [5.41, 5.74) is 1.81. The number of hydrogen-bond donors (Lipinski definition) is 2. The third-order valence-electron chi connectivity index (χ3n) is 5.85. The summed E-state index contributed by atoms with van der Waals surface area (Å²) in [6, 6.07) is 21.4. The van der Waals surface area contributed by atoms with Gasteiger partial charge in [0, 0.05) is 23.9 Å². The van der Waals surface area contributed by atoms with E-state index in [9.17, 15) is 5.11 Å². The molecule has 2 N–H and O–H groups in total. The molecule has 1 heterocycles. The molecule has 1 saturated heterocycles. The minimum absolute atomic E-state index is 0.149. The Kier molecular flexibility index (Phi) is 5.07. The van der Waals surface area contributed by atoms with Crippen molar-refractivity contribution in [1.82, 2.24) is 5.32 Å². The maximum Gasteiger partial charge on any atom is 0.0709 e. The van der Waals surface area contributed by atoms with E-state index in [0.29, 0.717) is 0 Å². The Morgan fingerprint density at radius 1 is 0.917 bits per heavy atom. The Labute approximate surface area is 145 Å². The van der Waals surface area contributed by atoms with Gasteiger partial charge < -0.3 is 10.4 Å². The summed E-state index contributed by atoms with van der Waals surface area (Å²) in [4.78, 5) is 0. The van der Waals surface area contributed by atoms with Gasteiger partial charge in [-0.25, -0.2) is 0 Å². The standard InChI is InChI=1S/C22H29NO/c1-4-11-19-21(18-14-9-6-10-15-18)23-20(16(2)22(19,3)24)17-12-7-5-8-13-17/h5-10,12-16,19-21,23-24H,4,11H2,1-3H3/t16-,19-,20-,21-,22+/m0/s1. The summed E-state index contributed by atoms with van der Waals surface area (Å²) in [7, 11) is 0. The van der Waals surface area contributed by atoms with E-state index in [4.69, 9.17) is 0 Å². The fraction of sp³-hybridized carbons (Fsp3) is 0.455. The second-order valence-corrected chi connectivity index (χ2v) is 7.35. The maximum absolute atomic E-state index is 11.5. The van der Waals surface area contributed by atoms with Gasteiger partial charge in [0.15, 0.2) is 0 Å².